The first kappa shape index (κ1) is 14.6. The summed E-state index contributed by atoms with van der Waals surface area (Å²) in [6, 6.07) is 0. The van der Waals surface area contributed by atoms with Gasteiger partial charge in [-0.1, -0.05) is 0 Å². The van der Waals surface area contributed by atoms with E-state index in [0.29, 0.717) is 12.2 Å². The minimum atomic E-state index is -0.705. The summed E-state index contributed by atoms with van der Waals surface area (Å²) in [6.07, 6.45) is 0.627. The highest BCUT2D eigenvalue weighted by Gasteiger charge is 2.46. The van der Waals surface area contributed by atoms with Gasteiger partial charge in [-0.15, -0.1) is 0 Å². The van der Waals surface area contributed by atoms with Crippen molar-refractivity contribution in [2.45, 2.75) is 50.3 Å². The molecule has 8 nitrogen and oxygen atoms in total. The largest absolute Gasteiger partial charge is 0.372 e. The molecule has 20 heavy (non-hydrogen) atoms. The van der Waals surface area contributed by atoms with Gasteiger partial charge in [-0.05, 0) is 20.8 Å². The zero-order valence-corrected chi connectivity index (χ0v) is 12.4. The molecule has 4 atom stereocenters. The van der Waals surface area contributed by atoms with Gasteiger partial charge in [0, 0.05) is 13.1 Å². The fourth-order valence-corrected chi connectivity index (χ4v) is 2.82. The SMILES string of the molecule is CC1(N)NC(C)(NCC2CO2)NC(C)(NCC2CO2)N1. The van der Waals surface area contributed by atoms with E-state index >= 15 is 0 Å². The highest BCUT2D eigenvalue weighted by atomic mass is 16.6. The van der Waals surface area contributed by atoms with Crippen molar-refractivity contribution in [2.24, 2.45) is 5.73 Å². The lowest BCUT2D eigenvalue weighted by Gasteiger charge is -2.54. The van der Waals surface area contributed by atoms with Gasteiger partial charge in [-0.3, -0.25) is 26.6 Å². The van der Waals surface area contributed by atoms with E-state index < -0.39 is 17.4 Å². The average molecular weight is 286 g/mol. The number of ether oxygens (including phenoxy) is 2. The second-order valence-electron chi connectivity index (χ2n) is 6.50. The molecule has 0 bridgehead atoms. The number of epoxide rings is 2. The Hall–Kier alpha value is -0.320. The Bertz CT molecular complexity index is 341. The second-order valence-corrected chi connectivity index (χ2v) is 6.50. The quantitative estimate of drug-likeness (QED) is 0.303. The monoisotopic (exact) mass is 286 g/mol. The van der Waals surface area contributed by atoms with Crippen LogP contribution in [0.3, 0.4) is 0 Å². The Kier molecular flexibility index (Phi) is 3.55. The van der Waals surface area contributed by atoms with E-state index in [4.69, 9.17) is 15.2 Å². The van der Waals surface area contributed by atoms with E-state index in [0.717, 1.165) is 26.3 Å². The molecule has 3 saturated heterocycles. The lowest BCUT2D eigenvalue weighted by molar-refractivity contribution is -0.0181. The summed E-state index contributed by atoms with van der Waals surface area (Å²) in [5, 5.41) is 17.0. The molecule has 0 aromatic carbocycles. The van der Waals surface area contributed by atoms with Gasteiger partial charge >= 0.3 is 0 Å². The van der Waals surface area contributed by atoms with Crippen molar-refractivity contribution in [3.63, 3.8) is 0 Å². The predicted octanol–water partition coefficient (Wildman–Crippen LogP) is -2.27. The molecule has 3 aliphatic heterocycles. The Morgan fingerprint density at radius 3 is 1.70 bits per heavy atom. The van der Waals surface area contributed by atoms with E-state index in [-0.39, 0.29) is 0 Å². The van der Waals surface area contributed by atoms with Crippen LogP contribution >= 0.6 is 0 Å². The number of nitrogens with two attached hydrogens (primary N) is 1. The van der Waals surface area contributed by atoms with Gasteiger partial charge in [0.25, 0.3) is 0 Å². The second kappa shape index (κ2) is 4.85. The lowest BCUT2D eigenvalue weighted by atomic mass is 10.1. The maximum Gasteiger partial charge on any atom is 0.125 e. The van der Waals surface area contributed by atoms with Crippen LogP contribution < -0.4 is 32.3 Å². The number of rotatable bonds is 6. The van der Waals surface area contributed by atoms with Crippen molar-refractivity contribution in [1.29, 1.82) is 0 Å². The molecule has 3 rings (SSSR count). The maximum absolute atomic E-state index is 6.27. The first-order valence-corrected chi connectivity index (χ1v) is 7.18. The fraction of sp³-hybridized carbons (Fsp3) is 1.00. The van der Waals surface area contributed by atoms with Crippen LogP contribution in [0.25, 0.3) is 0 Å². The zero-order chi connectivity index (χ0) is 14.4. The van der Waals surface area contributed by atoms with Crippen LogP contribution in [-0.2, 0) is 9.47 Å². The minimum absolute atomic E-state index is 0.313. The van der Waals surface area contributed by atoms with Gasteiger partial charge in [0.1, 0.15) is 17.4 Å². The van der Waals surface area contributed by atoms with Crippen LogP contribution in [0.5, 0.6) is 0 Å². The third-order valence-electron chi connectivity index (χ3n) is 3.69. The van der Waals surface area contributed by atoms with Crippen LogP contribution in [0.1, 0.15) is 20.8 Å². The highest BCUT2D eigenvalue weighted by molar-refractivity contribution is 5.00. The van der Waals surface area contributed by atoms with Crippen molar-refractivity contribution in [3.8, 4) is 0 Å². The third kappa shape index (κ3) is 3.86. The number of nitrogens with one attached hydrogen (secondary N) is 5. The van der Waals surface area contributed by atoms with Gasteiger partial charge in [0.15, 0.2) is 0 Å². The zero-order valence-electron chi connectivity index (χ0n) is 12.4. The fourth-order valence-electron chi connectivity index (χ4n) is 2.82. The molecule has 3 fully saturated rings. The predicted molar refractivity (Wildman–Crippen MR) is 74.3 cm³/mol. The van der Waals surface area contributed by atoms with Crippen molar-refractivity contribution in [1.82, 2.24) is 26.6 Å². The molecule has 0 aromatic heterocycles. The van der Waals surface area contributed by atoms with Crippen molar-refractivity contribution in [3.05, 3.63) is 0 Å². The Labute approximate surface area is 119 Å². The summed E-state index contributed by atoms with van der Waals surface area (Å²) in [6.45, 7) is 9.22. The molecule has 0 aromatic rings. The summed E-state index contributed by atoms with van der Waals surface area (Å²) >= 11 is 0. The van der Waals surface area contributed by atoms with Gasteiger partial charge in [-0.2, -0.15) is 0 Å². The molecule has 3 heterocycles. The molecule has 0 radical (unpaired) electrons. The smallest absolute Gasteiger partial charge is 0.125 e. The summed E-state index contributed by atoms with van der Waals surface area (Å²) in [4.78, 5) is 0. The normalized spacial score (nSPS) is 51.0. The average Bonchev–Trinajstić information content (AvgIpc) is 3.15. The molecule has 0 saturated carbocycles. The topological polar surface area (TPSA) is 111 Å². The molecular weight excluding hydrogens is 260 g/mol. The van der Waals surface area contributed by atoms with Crippen LogP contribution in [0.15, 0.2) is 0 Å². The van der Waals surface area contributed by atoms with Crippen LogP contribution in [0.2, 0.25) is 0 Å². The molecule has 0 spiro atoms. The first-order valence-electron chi connectivity index (χ1n) is 7.18. The van der Waals surface area contributed by atoms with Crippen LogP contribution in [-0.4, -0.2) is 55.9 Å². The van der Waals surface area contributed by atoms with Gasteiger partial charge in [-0.25, -0.2) is 0 Å². The van der Waals surface area contributed by atoms with Crippen molar-refractivity contribution < 1.29 is 9.47 Å². The standard InChI is InChI=1S/C12H26N6O2/c1-10(13)16-11(2,14-4-8-6-19-8)18-12(3,17-10)15-5-9-7-20-9/h8-9,14-18H,4-7,13H2,1-3H3. The molecule has 0 aliphatic carbocycles. The van der Waals surface area contributed by atoms with Crippen molar-refractivity contribution in [2.75, 3.05) is 26.3 Å². The van der Waals surface area contributed by atoms with E-state index in [1.165, 1.54) is 0 Å². The lowest BCUT2D eigenvalue weighted by Crippen LogP contribution is -2.91. The first-order chi connectivity index (χ1) is 9.28. The van der Waals surface area contributed by atoms with Crippen molar-refractivity contribution >= 4 is 0 Å². The summed E-state index contributed by atoms with van der Waals surface area (Å²) < 4.78 is 10.5. The van der Waals surface area contributed by atoms with E-state index in [1.54, 1.807) is 0 Å². The van der Waals surface area contributed by atoms with Gasteiger partial charge in [0.05, 0.1) is 25.4 Å². The highest BCUT2D eigenvalue weighted by Crippen LogP contribution is 2.16. The number of hydrogen-bond donors (Lipinski definition) is 6. The summed E-state index contributed by atoms with van der Waals surface area (Å²) in [5.41, 5.74) is 6.27. The van der Waals surface area contributed by atoms with E-state index in [2.05, 4.69) is 26.6 Å². The van der Waals surface area contributed by atoms with E-state index in [1.807, 2.05) is 20.8 Å². The molecule has 0 amide bonds. The molecule has 4 unspecified atom stereocenters. The van der Waals surface area contributed by atoms with E-state index in [9.17, 15) is 0 Å². The Morgan fingerprint density at radius 1 is 0.950 bits per heavy atom. The van der Waals surface area contributed by atoms with Gasteiger partial charge < -0.3 is 15.2 Å². The molecule has 7 N–H and O–H groups in total. The summed E-state index contributed by atoms with van der Waals surface area (Å²) in [5.74, 6) is -1.69. The van der Waals surface area contributed by atoms with Crippen LogP contribution in [0.4, 0.5) is 0 Å². The Morgan fingerprint density at radius 2 is 1.35 bits per heavy atom. The maximum atomic E-state index is 6.27. The molecule has 3 aliphatic rings. The third-order valence-corrected chi connectivity index (χ3v) is 3.69. The van der Waals surface area contributed by atoms with Gasteiger partial charge in [0.2, 0.25) is 0 Å². The molecule has 8 heteroatoms. The summed E-state index contributed by atoms with van der Waals surface area (Å²) in [7, 11) is 0. The molecular formula is C12H26N6O2. The Balaban J connectivity index is 1.63. The minimum Gasteiger partial charge on any atom is -0.372 e. The van der Waals surface area contributed by atoms with Crippen LogP contribution in [0, 0.1) is 0 Å². The number of hydrogen-bond acceptors (Lipinski definition) is 8. The molecule has 116 valence electrons.